The number of aliphatic hydroxyl groups excluding tert-OH is 1. The van der Waals surface area contributed by atoms with Crippen molar-refractivity contribution in [2.45, 2.75) is 51.5 Å². The quantitative estimate of drug-likeness (QED) is 0.159. The molecule has 0 spiro atoms. The van der Waals surface area contributed by atoms with E-state index in [1.54, 1.807) is 84.9 Å². The topological polar surface area (TPSA) is 152 Å². The molecule has 2 unspecified atom stereocenters. The van der Waals surface area contributed by atoms with Gasteiger partial charge in [0, 0.05) is 12.1 Å². The Bertz CT molecular complexity index is 1740. The summed E-state index contributed by atoms with van der Waals surface area (Å²) in [7, 11) is 0. The Morgan fingerprint density at radius 2 is 1.50 bits per heavy atom. The molecule has 3 aromatic carbocycles. The third kappa shape index (κ3) is 9.32. The number of benzene rings is 3. The third-order valence-corrected chi connectivity index (χ3v) is 7.43. The molecular formula is C35H37F2N5O6. The van der Waals surface area contributed by atoms with Gasteiger partial charge in [0.15, 0.2) is 0 Å². The molecule has 1 heterocycles. The lowest BCUT2D eigenvalue weighted by Gasteiger charge is -2.32. The van der Waals surface area contributed by atoms with Crippen LogP contribution in [0.1, 0.15) is 25.0 Å². The van der Waals surface area contributed by atoms with E-state index >= 15 is 8.78 Å². The molecule has 3 amide bonds. The minimum Gasteiger partial charge on any atom is -0.444 e. The van der Waals surface area contributed by atoms with E-state index in [1.165, 1.54) is 13.8 Å². The number of carbonyl (C=O) groups is 3. The molecule has 0 saturated heterocycles. The Hall–Kier alpha value is -5.43. The van der Waals surface area contributed by atoms with Gasteiger partial charge in [-0.15, -0.1) is 0 Å². The highest BCUT2D eigenvalue weighted by atomic mass is 19.3. The van der Waals surface area contributed by atoms with E-state index in [0.29, 0.717) is 12.0 Å². The van der Waals surface area contributed by atoms with Gasteiger partial charge in [0.1, 0.15) is 30.8 Å². The highest BCUT2D eigenvalue weighted by Crippen LogP contribution is 2.25. The van der Waals surface area contributed by atoms with E-state index < -0.39 is 54.0 Å². The molecule has 0 saturated carbocycles. The molecule has 11 nitrogen and oxygen atoms in total. The number of rotatable bonds is 14. The molecule has 0 aliphatic carbocycles. The number of nitrogens with one attached hydrogen (secondary N) is 3. The lowest BCUT2D eigenvalue weighted by molar-refractivity contribution is -0.169. The van der Waals surface area contributed by atoms with Crippen molar-refractivity contribution in [3.8, 4) is 11.4 Å². The van der Waals surface area contributed by atoms with Crippen LogP contribution >= 0.6 is 0 Å². The minimum atomic E-state index is -4.25. The van der Waals surface area contributed by atoms with Crippen molar-refractivity contribution in [1.82, 2.24) is 20.2 Å². The van der Waals surface area contributed by atoms with E-state index in [9.17, 15) is 24.3 Å². The van der Waals surface area contributed by atoms with Crippen molar-refractivity contribution in [2.75, 3.05) is 11.9 Å². The molecule has 0 aliphatic rings. The Morgan fingerprint density at radius 1 is 0.917 bits per heavy atom. The van der Waals surface area contributed by atoms with E-state index in [2.05, 4.69) is 20.9 Å². The SMILES string of the molecule is CC(C)C(NC(=O)Cn1c(-c2ccccc2)ncc(NC(=O)OCc2ccccc2)c1=O)C(O)C(F)(F)C(=O)NCCc1ccccc1. The monoisotopic (exact) mass is 661 g/mol. The first-order valence-corrected chi connectivity index (χ1v) is 15.3. The van der Waals surface area contributed by atoms with Crippen LogP contribution in [-0.2, 0) is 33.9 Å². The normalized spacial score (nSPS) is 12.5. The number of aliphatic hydroxyl groups is 1. The van der Waals surface area contributed by atoms with Crippen molar-refractivity contribution < 1.29 is 33.0 Å². The number of amides is 3. The first-order valence-electron chi connectivity index (χ1n) is 15.3. The molecule has 13 heteroatoms. The van der Waals surface area contributed by atoms with Crippen molar-refractivity contribution >= 4 is 23.6 Å². The van der Waals surface area contributed by atoms with Crippen LogP contribution in [0.2, 0.25) is 0 Å². The van der Waals surface area contributed by atoms with E-state index in [1.807, 2.05) is 6.07 Å². The minimum absolute atomic E-state index is 0.0590. The van der Waals surface area contributed by atoms with Crippen LogP contribution in [0, 0.1) is 5.92 Å². The zero-order valence-electron chi connectivity index (χ0n) is 26.4. The molecule has 4 rings (SSSR count). The fourth-order valence-corrected chi connectivity index (χ4v) is 4.84. The summed E-state index contributed by atoms with van der Waals surface area (Å²) in [5, 5.41) is 17.6. The summed E-state index contributed by atoms with van der Waals surface area (Å²) in [5.41, 5.74) is 0.897. The summed E-state index contributed by atoms with van der Waals surface area (Å²) in [4.78, 5) is 56.1. The van der Waals surface area contributed by atoms with Gasteiger partial charge >= 0.3 is 12.0 Å². The second-order valence-electron chi connectivity index (χ2n) is 11.3. The molecule has 4 aromatic rings. The van der Waals surface area contributed by atoms with Gasteiger partial charge < -0.3 is 20.5 Å². The van der Waals surface area contributed by atoms with Crippen LogP contribution in [0.4, 0.5) is 19.3 Å². The number of carbonyl (C=O) groups excluding carboxylic acids is 3. The van der Waals surface area contributed by atoms with Crippen LogP contribution in [-0.4, -0.2) is 57.2 Å². The number of hydrogen-bond donors (Lipinski definition) is 4. The maximum Gasteiger partial charge on any atom is 0.412 e. The molecule has 0 bridgehead atoms. The molecule has 0 aliphatic heterocycles. The second kappa shape index (κ2) is 16.4. The number of ether oxygens (including phenoxy) is 1. The first-order chi connectivity index (χ1) is 23.0. The Balaban J connectivity index is 1.49. The van der Waals surface area contributed by atoms with Gasteiger partial charge in [-0.1, -0.05) is 105 Å². The summed E-state index contributed by atoms with van der Waals surface area (Å²) < 4.78 is 36.5. The lowest BCUT2D eigenvalue weighted by atomic mass is 9.93. The number of anilines is 1. The molecule has 0 radical (unpaired) electrons. The summed E-state index contributed by atoms with van der Waals surface area (Å²) in [6.07, 6.45) is -2.10. The maximum atomic E-state index is 15.2. The number of alkyl halides is 2. The van der Waals surface area contributed by atoms with Crippen LogP contribution in [0.5, 0.6) is 0 Å². The van der Waals surface area contributed by atoms with Crippen LogP contribution in [0.3, 0.4) is 0 Å². The van der Waals surface area contributed by atoms with Crippen LogP contribution in [0.25, 0.3) is 11.4 Å². The summed E-state index contributed by atoms with van der Waals surface area (Å²) in [6, 6.07) is 24.7. The molecular weight excluding hydrogens is 624 g/mol. The molecule has 4 N–H and O–H groups in total. The van der Waals surface area contributed by atoms with Crippen molar-refractivity contribution in [2.24, 2.45) is 5.92 Å². The van der Waals surface area contributed by atoms with E-state index in [4.69, 9.17) is 4.74 Å². The van der Waals surface area contributed by atoms with Crippen molar-refractivity contribution in [1.29, 1.82) is 0 Å². The zero-order valence-corrected chi connectivity index (χ0v) is 26.4. The smallest absolute Gasteiger partial charge is 0.412 e. The molecule has 252 valence electrons. The molecule has 48 heavy (non-hydrogen) atoms. The molecule has 0 fully saturated rings. The van der Waals surface area contributed by atoms with E-state index in [0.717, 1.165) is 21.9 Å². The fourth-order valence-electron chi connectivity index (χ4n) is 4.84. The largest absolute Gasteiger partial charge is 0.444 e. The highest BCUT2D eigenvalue weighted by molar-refractivity contribution is 5.85. The fraction of sp³-hybridized carbons (Fsp3) is 0.286. The number of aromatic nitrogens is 2. The Labute approximate surface area is 276 Å². The van der Waals surface area contributed by atoms with Crippen molar-refractivity contribution in [3.05, 3.63) is 119 Å². The van der Waals surface area contributed by atoms with Gasteiger partial charge in [-0.3, -0.25) is 24.3 Å². The number of nitrogens with zero attached hydrogens (tertiary/aromatic N) is 2. The Kier molecular flexibility index (Phi) is 12.1. The lowest BCUT2D eigenvalue weighted by Crippen LogP contribution is -2.59. The second-order valence-corrected chi connectivity index (χ2v) is 11.3. The summed E-state index contributed by atoms with van der Waals surface area (Å²) in [6.45, 7) is 2.12. The van der Waals surface area contributed by atoms with Gasteiger partial charge in [-0.2, -0.15) is 8.78 Å². The average Bonchev–Trinajstić information content (AvgIpc) is 3.09. The van der Waals surface area contributed by atoms with Gasteiger partial charge in [0.05, 0.1) is 12.2 Å². The average molecular weight is 662 g/mol. The Morgan fingerprint density at radius 3 is 2.10 bits per heavy atom. The number of hydrogen-bond acceptors (Lipinski definition) is 7. The maximum absolute atomic E-state index is 15.2. The van der Waals surface area contributed by atoms with Gasteiger partial charge in [0.2, 0.25) is 5.91 Å². The molecule has 2 atom stereocenters. The predicted molar refractivity (Wildman–Crippen MR) is 175 cm³/mol. The first kappa shape index (κ1) is 35.4. The van der Waals surface area contributed by atoms with Gasteiger partial charge in [0.25, 0.3) is 11.5 Å². The summed E-state index contributed by atoms with van der Waals surface area (Å²) >= 11 is 0. The van der Waals surface area contributed by atoms with Gasteiger partial charge in [-0.25, -0.2) is 9.78 Å². The van der Waals surface area contributed by atoms with Crippen LogP contribution < -0.4 is 21.5 Å². The highest BCUT2D eigenvalue weighted by Gasteiger charge is 2.51. The summed E-state index contributed by atoms with van der Waals surface area (Å²) in [5.74, 6) is -7.55. The molecule has 1 aromatic heterocycles. The van der Waals surface area contributed by atoms with Crippen molar-refractivity contribution in [3.63, 3.8) is 0 Å². The van der Waals surface area contributed by atoms with Gasteiger partial charge in [-0.05, 0) is 23.5 Å². The number of halogens is 2. The third-order valence-electron chi connectivity index (χ3n) is 7.43. The van der Waals surface area contributed by atoms with Crippen LogP contribution in [0.15, 0.2) is 102 Å². The van der Waals surface area contributed by atoms with E-state index in [-0.39, 0.29) is 24.7 Å². The standard InChI is InChI=1S/C35H37F2N5O6/c1-23(2)29(30(44)35(36,37)33(46)38-19-18-24-12-6-3-7-13-24)41-28(43)21-42-31(26-16-10-5-11-17-26)39-20-27(32(42)45)40-34(47)48-22-25-14-8-4-9-15-25/h3-17,20,23,29-30,44H,18-19,21-22H2,1-2H3,(H,38,46)(H,40,47)(H,41,43). The predicted octanol–water partition coefficient (Wildman–Crippen LogP) is 4.15. The zero-order chi connectivity index (χ0) is 34.7.